The van der Waals surface area contributed by atoms with Gasteiger partial charge in [0.2, 0.25) is 0 Å². The van der Waals surface area contributed by atoms with Crippen molar-refractivity contribution in [3.63, 3.8) is 0 Å². The lowest BCUT2D eigenvalue weighted by Gasteiger charge is -2.27. The minimum atomic E-state index is -3.50. The summed E-state index contributed by atoms with van der Waals surface area (Å²) in [6, 6.07) is 8.53. The number of sulfone groups is 1. The summed E-state index contributed by atoms with van der Waals surface area (Å²) in [5.74, 6) is -0.0389. The predicted molar refractivity (Wildman–Crippen MR) is 117 cm³/mol. The first-order chi connectivity index (χ1) is 14.6. The van der Waals surface area contributed by atoms with E-state index in [1.807, 2.05) is 0 Å². The third kappa shape index (κ3) is 4.36. The smallest absolute Gasteiger partial charge is 0.258 e. The Morgan fingerprint density at radius 1 is 1.03 bits per heavy atom. The second-order valence-corrected chi connectivity index (χ2v) is 10.1. The molecule has 1 aliphatic carbocycles. The van der Waals surface area contributed by atoms with Crippen molar-refractivity contribution < 1.29 is 22.7 Å². The number of ether oxygens (including phenoxy) is 1. The molecule has 1 aromatic heterocycles. The van der Waals surface area contributed by atoms with E-state index in [-0.39, 0.29) is 22.7 Å². The molecule has 4 rings (SSSR count). The molecule has 0 saturated heterocycles. The Balaban J connectivity index is 1.93. The summed E-state index contributed by atoms with van der Waals surface area (Å²) in [5, 5.41) is 10.5. The van der Waals surface area contributed by atoms with Gasteiger partial charge in [-0.05, 0) is 67.5 Å². The molecular formula is C23H24FNO5S. The molecule has 2 aromatic carbocycles. The highest BCUT2D eigenvalue weighted by molar-refractivity contribution is 7.90. The maximum absolute atomic E-state index is 14.1. The van der Waals surface area contributed by atoms with Crippen LogP contribution < -0.4 is 10.3 Å². The first-order valence-electron chi connectivity index (χ1n) is 10.1. The Morgan fingerprint density at radius 3 is 2.42 bits per heavy atom. The van der Waals surface area contributed by atoms with Crippen LogP contribution >= 0.6 is 0 Å². The van der Waals surface area contributed by atoms with Crippen molar-refractivity contribution in [1.82, 2.24) is 4.57 Å². The second-order valence-electron chi connectivity index (χ2n) is 8.13. The summed E-state index contributed by atoms with van der Waals surface area (Å²) in [4.78, 5) is 12.7. The van der Waals surface area contributed by atoms with Crippen LogP contribution in [0.25, 0.3) is 21.9 Å². The van der Waals surface area contributed by atoms with Crippen molar-refractivity contribution in [2.24, 2.45) is 7.05 Å². The Morgan fingerprint density at radius 2 is 1.74 bits per heavy atom. The molecule has 31 heavy (non-hydrogen) atoms. The fourth-order valence-corrected chi connectivity index (χ4v) is 4.70. The van der Waals surface area contributed by atoms with Crippen LogP contribution in [0.2, 0.25) is 0 Å². The molecule has 0 spiro atoms. The third-order valence-corrected chi connectivity index (χ3v) is 6.86. The molecule has 1 aliphatic rings. The van der Waals surface area contributed by atoms with Gasteiger partial charge in [-0.15, -0.1) is 0 Å². The van der Waals surface area contributed by atoms with Crippen LogP contribution in [0.5, 0.6) is 5.75 Å². The number of hydrogen-bond acceptors (Lipinski definition) is 5. The molecule has 1 heterocycles. The topological polar surface area (TPSA) is 85.6 Å². The van der Waals surface area contributed by atoms with Crippen LogP contribution in [0.4, 0.5) is 4.39 Å². The molecule has 1 N–H and O–H groups in total. The largest absolute Gasteiger partial charge is 0.490 e. The van der Waals surface area contributed by atoms with E-state index in [4.69, 9.17) is 4.74 Å². The van der Waals surface area contributed by atoms with Gasteiger partial charge in [-0.2, -0.15) is 0 Å². The standard InChI is InChI=1S/C23H24FNO5S/c1-25-13-21(19-11-14(24)3-9-18(19)23(25)27)20-12-17(31(2,28)29)8-10-22(20)30-16-6-4-15(26)5-7-16/h3,8-13,15-16,26H,4-7H2,1-2H3/t15-,16-. The van der Waals surface area contributed by atoms with Crippen molar-refractivity contribution in [3.05, 3.63) is 58.8 Å². The SMILES string of the molecule is Cn1cc(-c2cc(S(C)(=O)=O)ccc2O[C@H]2CC[C@H](O)CC2)c2cc(F)ccc2c1=O. The third-order valence-electron chi connectivity index (χ3n) is 5.75. The van der Waals surface area contributed by atoms with Gasteiger partial charge < -0.3 is 14.4 Å². The normalized spacial score (nSPS) is 19.5. The lowest BCUT2D eigenvalue weighted by Crippen LogP contribution is -2.26. The van der Waals surface area contributed by atoms with Gasteiger partial charge in [-0.25, -0.2) is 12.8 Å². The van der Waals surface area contributed by atoms with E-state index >= 15 is 0 Å². The van der Waals surface area contributed by atoms with Gasteiger partial charge in [-0.1, -0.05) is 0 Å². The van der Waals surface area contributed by atoms with Crippen LogP contribution in [0.15, 0.2) is 52.3 Å². The predicted octanol–water partition coefficient (Wildman–Crippen LogP) is 3.43. The molecule has 1 fully saturated rings. The molecule has 0 unspecified atom stereocenters. The number of aliphatic hydroxyl groups is 1. The molecular weight excluding hydrogens is 421 g/mol. The molecule has 8 heteroatoms. The highest BCUT2D eigenvalue weighted by Gasteiger charge is 2.23. The monoisotopic (exact) mass is 445 g/mol. The van der Waals surface area contributed by atoms with Gasteiger partial charge in [0, 0.05) is 36.0 Å². The quantitative estimate of drug-likeness (QED) is 0.665. The average molecular weight is 446 g/mol. The Kier molecular flexibility index (Phi) is 5.61. The number of benzene rings is 2. The molecule has 0 atom stereocenters. The van der Waals surface area contributed by atoms with Crippen LogP contribution in [0.3, 0.4) is 0 Å². The number of pyridine rings is 1. The summed E-state index contributed by atoms with van der Waals surface area (Å²) in [6.45, 7) is 0. The van der Waals surface area contributed by atoms with E-state index in [9.17, 15) is 22.7 Å². The molecule has 1 saturated carbocycles. The molecule has 3 aromatic rings. The molecule has 0 aliphatic heterocycles. The van der Waals surface area contributed by atoms with Crippen LogP contribution in [-0.2, 0) is 16.9 Å². The number of nitrogens with zero attached hydrogens (tertiary/aromatic N) is 1. The summed E-state index contributed by atoms with van der Waals surface area (Å²) in [5.41, 5.74) is 0.704. The van der Waals surface area contributed by atoms with E-state index in [1.165, 1.54) is 34.9 Å². The Bertz CT molecular complexity index is 1310. The Labute approximate surface area is 179 Å². The lowest BCUT2D eigenvalue weighted by molar-refractivity contribution is 0.0668. The van der Waals surface area contributed by atoms with Gasteiger partial charge in [0.05, 0.1) is 17.1 Å². The highest BCUT2D eigenvalue weighted by Crippen LogP contribution is 2.38. The maximum atomic E-state index is 14.1. The van der Waals surface area contributed by atoms with Gasteiger partial charge in [0.1, 0.15) is 11.6 Å². The van der Waals surface area contributed by atoms with Gasteiger partial charge >= 0.3 is 0 Å². The molecule has 0 amide bonds. The number of aryl methyl sites for hydroxylation is 1. The second kappa shape index (κ2) is 8.09. The van der Waals surface area contributed by atoms with E-state index in [1.54, 1.807) is 19.3 Å². The highest BCUT2D eigenvalue weighted by atomic mass is 32.2. The fraction of sp³-hybridized carbons (Fsp3) is 0.348. The fourth-order valence-electron chi connectivity index (χ4n) is 4.05. The Hall–Kier alpha value is -2.71. The van der Waals surface area contributed by atoms with Crippen molar-refractivity contribution in [2.45, 2.75) is 42.8 Å². The van der Waals surface area contributed by atoms with Gasteiger partial charge in [0.15, 0.2) is 9.84 Å². The van der Waals surface area contributed by atoms with Gasteiger partial charge in [0.25, 0.3) is 5.56 Å². The van der Waals surface area contributed by atoms with Gasteiger partial charge in [-0.3, -0.25) is 4.79 Å². The molecule has 0 radical (unpaired) electrons. The first kappa shape index (κ1) is 21.5. The maximum Gasteiger partial charge on any atom is 0.258 e. The molecule has 6 nitrogen and oxygen atoms in total. The minimum absolute atomic E-state index is 0.104. The number of aliphatic hydroxyl groups excluding tert-OH is 1. The van der Waals surface area contributed by atoms with Crippen molar-refractivity contribution >= 4 is 20.6 Å². The van der Waals surface area contributed by atoms with Crippen molar-refractivity contribution in [3.8, 4) is 16.9 Å². The molecule has 164 valence electrons. The number of fused-ring (bicyclic) bond motifs is 1. The number of rotatable bonds is 4. The zero-order valence-corrected chi connectivity index (χ0v) is 18.2. The minimum Gasteiger partial charge on any atom is -0.490 e. The summed E-state index contributed by atoms with van der Waals surface area (Å²) < 4.78 is 46.1. The first-order valence-corrected chi connectivity index (χ1v) is 12.0. The zero-order valence-electron chi connectivity index (χ0n) is 17.3. The van der Waals surface area contributed by atoms with E-state index < -0.39 is 15.7 Å². The van der Waals surface area contributed by atoms with E-state index in [0.29, 0.717) is 53.3 Å². The number of hydrogen-bond donors (Lipinski definition) is 1. The van der Waals surface area contributed by atoms with Crippen LogP contribution in [0.1, 0.15) is 25.7 Å². The van der Waals surface area contributed by atoms with Crippen molar-refractivity contribution in [2.75, 3.05) is 6.26 Å². The summed E-state index contributed by atoms with van der Waals surface area (Å²) >= 11 is 0. The summed E-state index contributed by atoms with van der Waals surface area (Å²) in [7, 11) is -1.91. The van der Waals surface area contributed by atoms with Crippen LogP contribution in [0, 0.1) is 5.82 Å². The number of aromatic nitrogens is 1. The average Bonchev–Trinajstić information content (AvgIpc) is 2.72. The van der Waals surface area contributed by atoms with E-state index in [2.05, 4.69) is 0 Å². The van der Waals surface area contributed by atoms with E-state index in [0.717, 1.165) is 6.26 Å². The van der Waals surface area contributed by atoms with Crippen molar-refractivity contribution in [1.29, 1.82) is 0 Å². The van der Waals surface area contributed by atoms with Crippen LogP contribution in [-0.4, -0.2) is 36.6 Å². The number of halogens is 1. The summed E-state index contributed by atoms with van der Waals surface area (Å²) in [6.07, 6.45) is 4.86. The zero-order chi connectivity index (χ0) is 22.3. The molecule has 0 bridgehead atoms. The lowest BCUT2D eigenvalue weighted by atomic mass is 9.94.